The maximum Gasteiger partial charge on any atom is 0.283 e. The highest BCUT2D eigenvalue weighted by atomic mass is 127. The Hall–Kier alpha value is -0.980. The highest BCUT2D eigenvalue weighted by molar-refractivity contribution is 14.1. The summed E-state index contributed by atoms with van der Waals surface area (Å²) in [5.41, 5.74) is 0.418. The first kappa shape index (κ1) is 12.1. The number of benzene rings is 1. The summed E-state index contributed by atoms with van der Waals surface area (Å²) in [6, 6.07) is 4.58. The van der Waals surface area contributed by atoms with Crippen LogP contribution in [-0.4, -0.2) is 10.7 Å². The van der Waals surface area contributed by atoms with Crippen LogP contribution in [0, 0.1) is 13.7 Å². The van der Waals surface area contributed by atoms with Gasteiger partial charge in [-0.25, -0.2) is 0 Å². The van der Waals surface area contributed by atoms with Gasteiger partial charge in [-0.3, -0.25) is 14.9 Å². The topological polar surface area (TPSA) is 60.2 Å². The lowest BCUT2D eigenvalue weighted by Crippen LogP contribution is -2.00. The Morgan fingerprint density at radius 3 is 2.73 bits per heavy atom. The summed E-state index contributed by atoms with van der Waals surface area (Å²) in [7, 11) is 0. The Balaban J connectivity index is 3.07. The van der Waals surface area contributed by atoms with Crippen molar-refractivity contribution in [2.45, 2.75) is 19.8 Å². The average Bonchev–Trinajstić information content (AvgIpc) is 2.18. The molecule has 0 spiro atoms. The normalized spacial score (nSPS) is 10.0. The summed E-state index contributed by atoms with van der Waals surface area (Å²) in [6.45, 7) is 1.90. The molecule has 0 bridgehead atoms. The lowest BCUT2D eigenvalue weighted by molar-refractivity contribution is -0.385. The molecule has 0 aliphatic heterocycles. The lowest BCUT2D eigenvalue weighted by Gasteiger charge is -2.00. The molecule has 1 aromatic rings. The zero-order valence-electron chi connectivity index (χ0n) is 8.20. The molecule has 0 radical (unpaired) electrons. The van der Waals surface area contributed by atoms with Crippen LogP contribution in [0.3, 0.4) is 0 Å². The molecular formula is C10H10INO3. The van der Waals surface area contributed by atoms with Gasteiger partial charge in [0.15, 0.2) is 5.78 Å². The largest absolute Gasteiger partial charge is 0.294 e. The second-order valence-corrected chi connectivity index (χ2v) is 4.26. The predicted molar refractivity (Wildman–Crippen MR) is 65.1 cm³/mol. The minimum atomic E-state index is -0.468. The fourth-order valence-electron chi connectivity index (χ4n) is 1.20. The van der Waals surface area contributed by atoms with Crippen LogP contribution in [0.15, 0.2) is 18.2 Å². The van der Waals surface area contributed by atoms with E-state index in [2.05, 4.69) is 0 Å². The van der Waals surface area contributed by atoms with Crippen LogP contribution in [0.1, 0.15) is 30.1 Å². The van der Waals surface area contributed by atoms with E-state index in [-0.39, 0.29) is 11.5 Å². The van der Waals surface area contributed by atoms with Crippen molar-refractivity contribution in [3.63, 3.8) is 0 Å². The van der Waals surface area contributed by atoms with Crippen LogP contribution in [-0.2, 0) is 0 Å². The molecule has 0 saturated carbocycles. The molecule has 0 fully saturated rings. The predicted octanol–water partition coefficient (Wildman–Crippen LogP) is 3.18. The Labute approximate surface area is 101 Å². The number of halogens is 1. The first-order valence-corrected chi connectivity index (χ1v) is 5.61. The summed E-state index contributed by atoms with van der Waals surface area (Å²) in [5.74, 6) is -0.0444. The maximum absolute atomic E-state index is 11.5. The van der Waals surface area contributed by atoms with Crippen molar-refractivity contribution in [1.29, 1.82) is 0 Å². The Bertz CT molecular complexity index is 404. The van der Waals surface area contributed by atoms with Gasteiger partial charge in [0, 0.05) is 18.1 Å². The van der Waals surface area contributed by atoms with E-state index in [4.69, 9.17) is 0 Å². The Morgan fingerprint density at radius 2 is 2.20 bits per heavy atom. The Morgan fingerprint density at radius 1 is 1.53 bits per heavy atom. The molecule has 0 amide bonds. The SMILES string of the molecule is CCCC(=O)c1ccc(I)c([N+](=O)[O-])c1. The summed E-state index contributed by atoms with van der Waals surface area (Å²) in [6.07, 6.45) is 1.18. The first-order chi connectivity index (χ1) is 7.06. The number of nitrogens with zero attached hydrogens (tertiary/aromatic N) is 1. The van der Waals surface area contributed by atoms with Crippen LogP contribution in [0.2, 0.25) is 0 Å². The highest BCUT2D eigenvalue weighted by Gasteiger charge is 2.15. The molecule has 4 nitrogen and oxygen atoms in total. The van der Waals surface area contributed by atoms with Gasteiger partial charge in [-0.15, -0.1) is 0 Å². The molecule has 80 valence electrons. The van der Waals surface area contributed by atoms with Crippen LogP contribution in [0.4, 0.5) is 5.69 Å². The summed E-state index contributed by atoms with van der Waals surface area (Å²) in [4.78, 5) is 21.7. The fourth-order valence-corrected chi connectivity index (χ4v) is 1.73. The molecule has 1 aromatic carbocycles. The molecule has 0 unspecified atom stereocenters. The van der Waals surface area contributed by atoms with Crippen molar-refractivity contribution in [3.05, 3.63) is 37.4 Å². The first-order valence-electron chi connectivity index (χ1n) is 4.53. The number of hydrogen-bond donors (Lipinski definition) is 0. The summed E-state index contributed by atoms with van der Waals surface area (Å²) in [5, 5.41) is 10.6. The number of nitro groups is 1. The van der Waals surface area contributed by atoms with Gasteiger partial charge in [-0.2, -0.15) is 0 Å². The fraction of sp³-hybridized carbons (Fsp3) is 0.300. The number of hydrogen-bond acceptors (Lipinski definition) is 3. The third-order valence-corrected chi connectivity index (χ3v) is 2.85. The van der Waals surface area contributed by atoms with E-state index in [0.29, 0.717) is 15.6 Å². The zero-order chi connectivity index (χ0) is 11.4. The van der Waals surface area contributed by atoms with E-state index in [1.54, 1.807) is 12.1 Å². The monoisotopic (exact) mass is 319 g/mol. The van der Waals surface area contributed by atoms with Gasteiger partial charge >= 0.3 is 0 Å². The van der Waals surface area contributed by atoms with Crippen molar-refractivity contribution < 1.29 is 9.72 Å². The summed E-state index contributed by atoms with van der Waals surface area (Å²) >= 11 is 1.88. The Kier molecular flexibility index (Phi) is 4.19. The molecule has 5 heteroatoms. The van der Waals surface area contributed by atoms with Gasteiger partial charge in [0.05, 0.1) is 8.49 Å². The molecule has 0 saturated heterocycles. The van der Waals surface area contributed by atoms with Crippen molar-refractivity contribution in [3.8, 4) is 0 Å². The van der Waals surface area contributed by atoms with E-state index in [1.807, 2.05) is 29.5 Å². The second kappa shape index (κ2) is 5.20. The number of Topliss-reactive ketones (excluding diaryl/α,β-unsaturated/α-hetero) is 1. The third-order valence-electron chi connectivity index (χ3n) is 1.94. The van der Waals surface area contributed by atoms with Gasteiger partial charge < -0.3 is 0 Å². The molecule has 0 N–H and O–H groups in total. The second-order valence-electron chi connectivity index (χ2n) is 3.10. The lowest BCUT2D eigenvalue weighted by atomic mass is 10.1. The van der Waals surface area contributed by atoms with Crippen molar-refractivity contribution in [2.75, 3.05) is 0 Å². The van der Waals surface area contributed by atoms with E-state index < -0.39 is 4.92 Å². The highest BCUT2D eigenvalue weighted by Crippen LogP contribution is 2.22. The maximum atomic E-state index is 11.5. The van der Waals surface area contributed by atoms with Crippen molar-refractivity contribution in [2.24, 2.45) is 0 Å². The van der Waals surface area contributed by atoms with Gasteiger partial charge in [0.2, 0.25) is 0 Å². The van der Waals surface area contributed by atoms with Crippen LogP contribution in [0.5, 0.6) is 0 Å². The minimum absolute atomic E-state index is 0.00227. The average molecular weight is 319 g/mol. The van der Waals surface area contributed by atoms with Crippen LogP contribution < -0.4 is 0 Å². The minimum Gasteiger partial charge on any atom is -0.294 e. The smallest absolute Gasteiger partial charge is 0.283 e. The number of rotatable bonds is 4. The van der Waals surface area contributed by atoms with Gasteiger partial charge in [-0.1, -0.05) is 6.92 Å². The molecule has 0 aliphatic rings. The molecule has 0 aromatic heterocycles. The zero-order valence-corrected chi connectivity index (χ0v) is 10.4. The van der Waals surface area contributed by atoms with Gasteiger partial charge in [-0.05, 0) is 41.1 Å². The van der Waals surface area contributed by atoms with Crippen LogP contribution >= 0.6 is 22.6 Å². The van der Waals surface area contributed by atoms with E-state index in [0.717, 1.165) is 6.42 Å². The van der Waals surface area contributed by atoms with E-state index >= 15 is 0 Å². The number of carbonyl (C=O) groups excluding carboxylic acids is 1. The van der Waals surface area contributed by atoms with E-state index in [1.165, 1.54) is 6.07 Å². The molecule has 0 aliphatic carbocycles. The van der Waals surface area contributed by atoms with Gasteiger partial charge in [0.1, 0.15) is 0 Å². The standard InChI is InChI=1S/C10H10INO3/c1-2-3-10(13)7-4-5-8(11)9(6-7)12(14)15/h4-6H,2-3H2,1H3. The van der Waals surface area contributed by atoms with Crippen LogP contribution in [0.25, 0.3) is 0 Å². The van der Waals surface area contributed by atoms with Gasteiger partial charge in [0.25, 0.3) is 5.69 Å². The molecule has 0 atom stereocenters. The third kappa shape index (κ3) is 2.98. The van der Waals surface area contributed by atoms with E-state index in [9.17, 15) is 14.9 Å². The molecule has 15 heavy (non-hydrogen) atoms. The quantitative estimate of drug-likeness (QED) is 0.371. The summed E-state index contributed by atoms with van der Waals surface area (Å²) < 4.78 is 0.547. The molecule has 1 rings (SSSR count). The number of ketones is 1. The number of nitro benzene ring substituents is 1. The molecular weight excluding hydrogens is 309 g/mol. The molecule has 0 heterocycles. The van der Waals surface area contributed by atoms with Crippen molar-refractivity contribution in [1.82, 2.24) is 0 Å². The van der Waals surface area contributed by atoms with Crippen molar-refractivity contribution >= 4 is 34.1 Å². The number of carbonyl (C=O) groups is 1.